The van der Waals surface area contributed by atoms with E-state index in [9.17, 15) is 0 Å². The van der Waals surface area contributed by atoms with Gasteiger partial charge >= 0.3 is 0 Å². The first-order chi connectivity index (χ1) is 8.74. The molecule has 0 bridgehead atoms. The molecular formula is C13H18N4S. The molecule has 0 amide bonds. The van der Waals surface area contributed by atoms with Gasteiger partial charge in [0.15, 0.2) is 5.82 Å². The van der Waals surface area contributed by atoms with Crippen LogP contribution in [0, 0.1) is 11.3 Å². The minimum absolute atomic E-state index is 0.428. The third-order valence-electron chi connectivity index (χ3n) is 3.46. The van der Waals surface area contributed by atoms with Crippen molar-refractivity contribution in [3.05, 3.63) is 17.8 Å². The number of nitrogen functional groups attached to an aromatic ring is 1. The molecule has 0 atom stereocenters. The van der Waals surface area contributed by atoms with Gasteiger partial charge in [-0.15, -0.1) is 0 Å². The lowest BCUT2D eigenvalue weighted by atomic mass is 9.95. The Morgan fingerprint density at radius 1 is 1.44 bits per heavy atom. The molecule has 18 heavy (non-hydrogen) atoms. The largest absolute Gasteiger partial charge is 0.395 e. The lowest BCUT2D eigenvalue weighted by Gasteiger charge is -2.28. The zero-order chi connectivity index (χ0) is 13.0. The second-order valence-electron chi connectivity index (χ2n) is 4.59. The average molecular weight is 262 g/mol. The molecular weight excluding hydrogens is 244 g/mol. The second kappa shape index (κ2) is 5.96. The average Bonchev–Trinajstić information content (AvgIpc) is 2.42. The lowest BCUT2D eigenvalue weighted by molar-refractivity contribution is 0.472. The number of hydrogen-bond acceptors (Lipinski definition) is 5. The highest BCUT2D eigenvalue weighted by atomic mass is 32.2. The second-order valence-corrected chi connectivity index (χ2v) is 5.72. The molecule has 0 aliphatic heterocycles. The SMILES string of the molecule is CSC1CCC(Nc2nccc(C#N)c2N)CC1. The van der Waals surface area contributed by atoms with Crippen LogP contribution in [0.1, 0.15) is 31.2 Å². The predicted octanol–water partition coefficient (Wildman–Crippen LogP) is 2.62. The summed E-state index contributed by atoms with van der Waals surface area (Å²) in [4.78, 5) is 4.23. The van der Waals surface area contributed by atoms with Gasteiger partial charge in [0.1, 0.15) is 6.07 Å². The summed E-state index contributed by atoms with van der Waals surface area (Å²) in [6, 6.07) is 4.15. The molecule has 1 aromatic heterocycles. The van der Waals surface area contributed by atoms with Crippen LogP contribution in [0.15, 0.2) is 12.3 Å². The molecule has 1 aliphatic carbocycles. The van der Waals surface area contributed by atoms with E-state index in [-0.39, 0.29) is 0 Å². The highest BCUT2D eigenvalue weighted by molar-refractivity contribution is 7.99. The summed E-state index contributed by atoms with van der Waals surface area (Å²) in [6.07, 6.45) is 8.55. The predicted molar refractivity (Wildman–Crippen MR) is 76.5 cm³/mol. The summed E-state index contributed by atoms with van der Waals surface area (Å²) in [7, 11) is 0. The van der Waals surface area contributed by atoms with Crippen LogP contribution < -0.4 is 11.1 Å². The fraction of sp³-hybridized carbons (Fsp3) is 0.538. The molecule has 0 saturated heterocycles. The van der Waals surface area contributed by atoms with Gasteiger partial charge in [-0.05, 0) is 38.0 Å². The van der Waals surface area contributed by atoms with E-state index in [1.54, 1.807) is 12.3 Å². The minimum atomic E-state index is 0.428. The molecule has 1 heterocycles. The number of thioether (sulfide) groups is 1. The van der Waals surface area contributed by atoms with Crippen molar-refractivity contribution in [1.82, 2.24) is 4.98 Å². The molecule has 1 fully saturated rings. The summed E-state index contributed by atoms with van der Waals surface area (Å²) in [5.74, 6) is 0.654. The number of pyridine rings is 1. The highest BCUT2D eigenvalue weighted by Crippen LogP contribution is 2.29. The molecule has 3 N–H and O–H groups in total. The molecule has 0 radical (unpaired) electrons. The van der Waals surface area contributed by atoms with Gasteiger partial charge in [-0.25, -0.2) is 4.98 Å². The maximum atomic E-state index is 8.93. The third-order valence-corrected chi connectivity index (χ3v) is 4.60. The molecule has 4 nitrogen and oxygen atoms in total. The zero-order valence-corrected chi connectivity index (χ0v) is 11.3. The summed E-state index contributed by atoms with van der Waals surface area (Å²) in [5.41, 5.74) is 6.87. The first-order valence-electron chi connectivity index (χ1n) is 6.18. The Balaban J connectivity index is 2.01. The van der Waals surface area contributed by atoms with Crippen molar-refractivity contribution in [2.75, 3.05) is 17.3 Å². The van der Waals surface area contributed by atoms with Crippen LogP contribution in [0.25, 0.3) is 0 Å². The Morgan fingerprint density at radius 3 is 2.78 bits per heavy atom. The van der Waals surface area contributed by atoms with Crippen LogP contribution in [0.2, 0.25) is 0 Å². The van der Waals surface area contributed by atoms with E-state index in [2.05, 4.69) is 22.6 Å². The molecule has 0 aromatic carbocycles. The quantitative estimate of drug-likeness (QED) is 0.876. The first kappa shape index (κ1) is 13.0. The van der Waals surface area contributed by atoms with Gasteiger partial charge in [0.05, 0.1) is 11.3 Å². The van der Waals surface area contributed by atoms with Gasteiger partial charge in [0.25, 0.3) is 0 Å². The van der Waals surface area contributed by atoms with Gasteiger partial charge in [-0.1, -0.05) is 0 Å². The monoisotopic (exact) mass is 262 g/mol. The van der Waals surface area contributed by atoms with Crippen LogP contribution in [-0.2, 0) is 0 Å². The minimum Gasteiger partial charge on any atom is -0.395 e. The van der Waals surface area contributed by atoms with Crippen LogP contribution >= 0.6 is 11.8 Å². The lowest BCUT2D eigenvalue weighted by Crippen LogP contribution is -2.27. The van der Waals surface area contributed by atoms with Crippen molar-refractivity contribution in [3.8, 4) is 6.07 Å². The van der Waals surface area contributed by atoms with Crippen molar-refractivity contribution in [2.24, 2.45) is 0 Å². The molecule has 1 aromatic rings. The van der Waals surface area contributed by atoms with Crippen molar-refractivity contribution in [2.45, 2.75) is 37.0 Å². The summed E-state index contributed by atoms with van der Waals surface area (Å²) in [5, 5.41) is 13.1. The number of nitrogens with two attached hydrogens (primary N) is 1. The molecule has 0 unspecified atom stereocenters. The Kier molecular flexibility index (Phi) is 4.32. The Labute approximate surface area is 112 Å². The molecule has 0 spiro atoms. The fourth-order valence-corrected chi connectivity index (χ4v) is 3.07. The standard InChI is InChI=1S/C13H18N4S/c1-18-11-4-2-10(3-5-11)17-13-12(15)9(8-14)6-7-16-13/h6-7,10-11H,2-5,15H2,1H3,(H,16,17). The summed E-state index contributed by atoms with van der Waals surface area (Å²) >= 11 is 1.95. The van der Waals surface area contributed by atoms with E-state index >= 15 is 0 Å². The number of rotatable bonds is 3. The van der Waals surface area contributed by atoms with Gasteiger partial charge in [-0.3, -0.25) is 0 Å². The normalized spacial score (nSPS) is 23.3. The van der Waals surface area contributed by atoms with E-state index in [1.165, 1.54) is 12.8 Å². The summed E-state index contributed by atoms with van der Waals surface area (Å²) in [6.45, 7) is 0. The van der Waals surface area contributed by atoms with Gasteiger partial charge < -0.3 is 11.1 Å². The highest BCUT2D eigenvalue weighted by Gasteiger charge is 2.21. The smallest absolute Gasteiger partial charge is 0.150 e. The third kappa shape index (κ3) is 2.88. The number of anilines is 2. The molecule has 5 heteroatoms. The Hall–Kier alpha value is -1.41. The van der Waals surface area contributed by atoms with Crippen molar-refractivity contribution in [1.29, 1.82) is 5.26 Å². The van der Waals surface area contributed by atoms with Crippen LogP contribution in [0.4, 0.5) is 11.5 Å². The number of nitrogens with one attached hydrogen (secondary N) is 1. The number of nitriles is 1. The van der Waals surface area contributed by atoms with E-state index in [4.69, 9.17) is 11.0 Å². The maximum absolute atomic E-state index is 8.93. The van der Waals surface area contributed by atoms with E-state index in [0.29, 0.717) is 23.1 Å². The fourth-order valence-electron chi connectivity index (χ4n) is 2.32. The van der Waals surface area contributed by atoms with Crippen molar-refractivity contribution >= 4 is 23.3 Å². The summed E-state index contributed by atoms with van der Waals surface area (Å²) < 4.78 is 0. The molecule has 1 saturated carbocycles. The van der Waals surface area contributed by atoms with Crippen molar-refractivity contribution < 1.29 is 0 Å². The van der Waals surface area contributed by atoms with Gasteiger partial charge in [-0.2, -0.15) is 17.0 Å². The number of aromatic nitrogens is 1. The van der Waals surface area contributed by atoms with Gasteiger partial charge in [0.2, 0.25) is 0 Å². The molecule has 1 aliphatic rings. The van der Waals surface area contributed by atoms with Crippen LogP contribution in [0.3, 0.4) is 0 Å². The van der Waals surface area contributed by atoms with Crippen LogP contribution in [-0.4, -0.2) is 22.5 Å². The number of hydrogen-bond donors (Lipinski definition) is 2. The molecule has 2 rings (SSSR count). The zero-order valence-electron chi connectivity index (χ0n) is 10.5. The molecule has 96 valence electrons. The first-order valence-corrected chi connectivity index (χ1v) is 7.47. The van der Waals surface area contributed by atoms with Crippen LogP contribution in [0.5, 0.6) is 0 Å². The topological polar surface area (TPSA) is 74.7 Å². The number of nitrogens with zero attached hydrogens (tertiary/aromatic N) is 2. The van der Waals surface area contributed by atoms with Gasteiger partial charge in [0, 0.05) is 17.5 Å². The maximum Gasteiger partial charge on any atom is 0.150 e. The van der Waals surface area contributed by atoms with E-state index < -0.39 is 0 Å². The van der Waals surface area contributed by atoms with Crippen molar-refractivity contribution in [3.63, 3.8) is 0 Å². The Bertz CT molecular complexity index is 447. The van der Waals surface area contributed by atoms with E-state index in [0.717, 1.165) is 18.1 Å². The Morgan fingerprint density at radius 2 is 2.17 bits per heavy atom. The van der Waals surface area contributed by atoms with E-state index in [1.807, 2.05) is 11.8 Å².